The van der Waals surface area contributed by atoms with Crippen LogP contribution in [0.4, 0.5) is 0 Å². The van der Waals surface area contributed by atoms with E-state index in [1.54, 1.807) is 0 Å². The fourth-order valence-corrected chi connectivity index (χ4v) is 3.81. The predicted molar refractivity (Wildman–Crippen MR) is 112 cm³/mol. The van der Waals surface area contributed by atoms with Crippen molar-refractivity contribution in [2.45, 2.75) is 12.8 Å². The predicted octanol–water partition coefficient (Wildman–Crippen LogP) is 5.40. The number of halogens is 5. The number of carbonyl (C=O) groups excluding carboxylic acids is 2. The summed E-state index contributed by atoms with van der Waals surface area (Å²) in [5.74, 6) is -4.73. The van der Waals surface area contributed by atoms with Crippen LogP contribution in [0.15, 0.2) is 6.07 Å². The molecule has 2 aromatic carbocycles. The first-order chi connectivity index (χ1) is 13.9. The number of esters is 1. The summed E-state index contributed by atoms with van der Waals surface area (Å²) in [5.41, 5.74) is -1.86. The average Bonchev–Trinajstić information content (AvgIpc) is 2.71. The maximum absolute atomic E-state index is 13.1. The summed E-state index contributed by atoms with van der Waals surface area (Å²) in [5, 5.41) is 27.6. The zero-order valence-electron chi connectivity index (χ0n) is 14.9. The zero-order chi connectivity index (χ0) is 22.9. The van der Waals surface area contributed by atoms with Gasteiger partial charge in [-0.25, -0.2) is 4.79 Å². The molecule has 0 radical (unpaired) electrons. The molecule has 0 aliphatic carbocycles. The van der Waals surface area contributed by atoms with Gasteiger partial charge in [0.1, 0.15) is 16.5 Å². The second kappa shape index (κ2) is 9.49. The number of ketones is 1. The number of carboxylic acids is 1. The molecule has 2 aromatic rings. The molecule has 0 saturated carbocycles. The maximum Gasteiger partial charge on any atom is 0.338 e. The monoisotopic (exact) mass is 514 g/mol. The van der Waals surface area contributed by atoms with Crippen molar-refractivity contribution in [2.75, 3.05) is 7.11 Å². The second-order valence-corrected chi connectivity index (χ2v) is 7.70. The number of ether oxygens (including phenoxy) is 1. The topological polar surface area (TPSA) is 121 Å². The van der Waals surface area contributed by atoms with Crippen molar-refractivity contribution in [3.8, 4) is 11.5 Å². The SMILES string of the molecule is COC(=O)CCc1cc(C(=O)c2c(Cl)c(Cl)c(Cl)c(Cl)c2C(=O)O)c(O)c(Cl)c1O. The molecule has 7 nitrogen and oxygen atoms in total. The Hall–Kier alpha value is -1.90. The molecule has 0 atom stereocenters. The van der Waals surface area contributed by atoms with Crippen LogP contribution in [0.3, 0.4) is 0 Å². The molecule has 12 heteroatoms. The number of carboxylic acid groups (broad SMARTS) is 1. The third kappa shape index (κ3) is 4.40. The molecule has 30 heavy (non-hydrogen) atoms. The molecule has 0 spiro atoms. The highest BCUT2D eigenvalue weighted by atomic mass is 35.5. The van der Waals surface area contributed by atoms with E-state index in [2.05, 4.69) is 4.74 Å². The molecule has 3 N–H and O–H groups in total. The Bertz CT molecular complexity index is 1080. The number of phenolic OH excluding ortho intramolecular Hbond substituents is 2. The number of benzene rings is 2. The highest BCUT2D eigenvalue weighted by Gasteiger charge is 2.32. The van der Waals surface area contributed by atoms with Crippen molar-refractivity contribution in [1.82, 2.24) is 0 Å². The van der Waals surface area contributed by atoms with Crippen LogP contribution in [0.1, 0.15) is 38.3 Å². The fraction of sp³-hybridized carbons (Fsp3) is 0.167. The van der Waals surface area contributed by atoms with Gasteiger partial charge in [0.05, 0.1) is 43.9 Å². The van der Waals surface area contributed by atoms with Crippen LogP contribution >= 0.6 is 58.0 Å². The van der Waals surface area contributed by atoms with Crippen molar-refractivity contribution < 1.29 is 34.4 Å². The van der Waals surface area contributed by atoms with E-state index in [9.17, 15) is 29.7 Å². The third-order valence-corrected chi connectivity index (χ3v) is 6.23. The van der Waals surface area contributed by atoms with E-state index in [-0.39, 0.29) is 28.5 Å². The van der Waals surface area contributed by atoms with Gasteiger partial charge in [-0.2, -0.15) is 0 Å². The van der Waals surface area contributed by atoms with E-state index in [1.165, 1.54) is 7.11 Å². The van der Waals surface area contributed by atoms with Crippen LogP contribution in [0.25, 0.3) is 0 Å². The van der Waals surface area contributed by atoms with Crippen LogP contribution in [0, 0.1) is 0 Å². The molecule has 160 valence electrons. The van der Waals surface area contributed by atoms with Gasteiger partial charge in [0.25, 0.3) is 0 Å². The fourth-order valence-electron chi connectivity index (χ4n) is 2.57. The number of carbonyl (C=O) groups is 3. The van der Waals surface area contributed by atoms with Crippen LogP contribution in [-0.4, -0.2) is 40.2 Å². The number of aromatic carboxylic acids is 1. The van der Waals surface area contributed by atoms with Crippen LogP contribution < -0.4 is 0 Å². The summed E-state index contributed by atoms with van der Waals surface area (Å²) < 4.78 is 4.51. The summed E-state index contributed by atoms with van der Waals surface area (Å²) in [4.78, 5) is 36.2. The molecule has 0 amide bonds. The molecule has 0 saturated heterocycles. The molecule has 0 fully saturated rings. The molecule has 0 bridgehead atoms. The number of hydrogen-bond donors (Lipinski definition) is 3. The molecule has 0 aliphatic rings. The molecule has 0 aromatic heterocycles. The highest BCUT2D eigenvalue weighted by molar-refractivity contribution is 6.54. The van der Waals surface area contributed by atoms with E-state index >= 15 is 0 Å². The Morgan fingerprint density at radius 1 is 0.867 bits per heavy atom. The van der Waals surface area contributed by atoms with Crippen molar-refractivity contribution in [3.63, 3.8) is 0 Å². The summed E-state index contributed by atoms with van der Waals surface area (Å²) in [7, 11) is 1.17. The van der Waals surface area contributed by atoms with Crippen molar-refractivity contribution in [2.24, 2.45) is 0 Å². The molecule has 0 heterocycles. The van der Waals surface area contributed by atoms with E-state index in [0.717, 1.165) is 6.07 Å². The molecular weight excluding hydrogens is 505 g/mol. The van der Waals surface area contributed by atoms with E-state index in [0.29, 0.717) is 0 Å². The lowest BCUT2D eigenvalue weighted by atomic mass is 9.94. The molecule has 0 unspecified atom stereocenters. The number of aromatic hydroxyl groups is 2. The Morgan fingerprint density at radius 3 is 1.90 bits per heavy atom. The maximum atomic E-state index is 13.1. The number of methoxy groups -OCH3 is 1. The first kappa shape index (κ1) is 24.4. The zero-order valence-corrected chi connectivity index (χ0v) is 18.6. The summed E-state index contributed by atoms with van der Waals surface area (Å²) in [6, 6.07) is 1.04. The van der Waals surface area contributed by atoms with E-state index in [1.807, 2.05) is 0 Å². The summed E-state index contributed by atoms with van der Waals surface area (Å²) in [6.45, 7) is 0. The van der Waals surface area contributed by atoms with Gasteiger partial charge in [-0.05, 0) is 18.1 Å². The smallest absolute Gasteiger partial charge is 0.338 e. The normalized spacial score (nSPS) is 10.7. The van der Waals surface area contributed by atoms with Crippen LogP contribution in [-0.2, 0) is 16.0 Å². The van der Waals surface area contributed by atoms with Crippen LogP contribution in [0.2, 0.25) is 25.1 Å². The number of phenols is 2. The van der Waals surface area contributed by atoms with Gasteiger partial charge in [-0.1, -0.05) is 58.0 Å². The lowest BCUT2D eigenvalue weighted by Crippen LogP contribution is -2.13. The third-order valence-electron chi connectivity index (χ3n) is 4.07. The van der Waals surface area contributed by atoms with Crippen molar-refractivity contribution >= 4 is 75.7 Å². The Morgan fingerprint density at radius 2 is 1.40 bits per heavy atom. The van der Waals surface area contributed by atoms with Gasteiger partial charge in [0, 0.05) is 6.42 Å². The van der Waals surface area contributed by atoms with Gasteiger partial charge in [-0.3, -0.25) is 9.59 Å². The number of aryl methyl sites for hydroxylation is 1. The minimum atomic E-state index is -1.63. The quantitative estimate of drug-likeness (QED) is 0.203. The van der Waals surface area contributed by atoms with Gasteiger partial charge in [0.2, 0.25) is 0 Å². The average molecular weight is 517 g/mol. The summed E-state index contributed by atoms with van der Waals surface area (Å²) >= 11 is 29.7. The van der Waals surface area contributed by atoms with Crippen molar-refractivity contribution in [3.05, 3.63) is 53.4 Å². The van der Waals surface area contributed by atoms with Gasteiger partial charge in [-0.15, -0.1) is 0 Å². The van der Waals surface area contributed by atoms with Gasteiger partial charge in [0.15, 0.2) is 5.78 Å². The van der Waals surface area contributed by atoms with E-state index in [4.69, 9.17) is 58.0 Å². The van der Waals surface area contributed by atoms with Gasteiger partial charge >= 0.3 is 11.9 Å². The first-order valence-corrected chi connectivity index (χ1v) is 9.76. The molecular formula is C18H11Cl5O7. The molecule has 0 aliphatic heterocycles. The Balaban J connectivity index is 2.74. The minimum Gasteiger partial charge on any atom is -0.506 e. The van der Waals surface area contributed by atoms with E-state index < -0.39 is 61.0 Å². The van der Waals surface area contributed by atoms with Crippen LogP contribution in [0.5, 0.6) is 11.5 Å². The standard InChI is InChI=1S/C18H11Cl5O7/c1-30-7(24)3-2-5-4-6(17(27)14(23)15(5)25)16(26)8-9(18(28)29)11(20)13(22)12(21)10(8)19/h4,25,27H,2-3H2,1H3,(H,28,29). The summed E-state index contributed by atoms with van der Waals surface area (Å²) in [6.07, 6.45) is -0.265. The largest absolute Gasteiger partial charge is 0.506 e. The van der Waals surface area contributed by atoms with Gasteiger partial charge < -0.3 is 20.1 Å². The first-order valence-electron chi connectivity index (χ1n) is 7.87. The number of rotatable bonds is 6. The lowest BCUT2D eigenvalue weighted by Gasteiger charge is -2.16. The second-order valence-electron chi connectivity index (χ2n) is 5.81. The Kier molecular flexibility index (Phi) is 7.71. The van der Waals surface area contributed by atoms with Crippen molar-refractivity contribution in [1.29, 1.82) is 0 Å². The minimum absolute atomic E-state index is 0.0192. The highest BCUT2D eigenvalue weighted by Crippen LogP contribution is 2.45. The lowest BCUT2D eigenvalue weighted by molar-refractivity contribution is -0.140. The number of hydrogen-bond acceptors (Lipinski definition) is 6. The molecule has 2 rings (SSSR count). The Labute approximate surface area is 194 Å².